The predicted molar refractivity (Wildman–Crippen MR) is 77.8 cm³/mol. The van der Waals surface area contributed by atoms with Crippen molar-refractivity contribution in [2.24, 2.45) is 0 Å². The monoisotopic (exact) mass is 261 g/mol. The molecule has 0 spiro atoms. The average Bonchev–Trinajstić information content (AvgIpc) is 2.40. The Morgan fingerprint density at radius 3 is 2.95 bits per heavy atom. The highest BCUT2D eigenvalue weighted by Gasteiger charge is 2.00. The SMILES string of the molecule is CCOCCN(C)Cc1cccc(C#CCCO)c1. The van der Waals surface area contributed by atoms with Gasteiger partial charge in [-0.1, -0.05) is 24.0 Å². The van der Waals surface area contributed by atoms with Gasteiger partial charge in [-0.05, 0) is 31.7 Å². The van der Waals surface area contributed by atoms with E-state index in [2.05, 4.69) is 35.9 Å². The third-order valence-electron chi connectivity index (χ3n) is 2.67. The third-order valence-corrected chi connectivity index (χ3v) is 2.67. The Morgan fingerprint density at radius 1 is 1.37 bits per heavy atom. The smallest absolute Gasteiger partial charge is 0.0593 e. The Balaban J connectivity index is 2.50. The molecule has 1 aromatic rings. The second-order valence-corrected chi connectivity index (χ2v) is 4.41. The van der Waals surface area contributed by atoms with Crippen LogP contribution in [0.25, 0.3) is 0 Å². The van der Waals surface area contributed by atoms with Crippen molar-refractivity contribution in [3.05, 3.63) is 35.4 Å². The van der Waals surface area contributed by atoms with Crippen LogP contribution in [0.4, 0.5) is 0 Å². The van der Waals surface area contributed by atoms with Crippen molar-refractivity contribution >= 4 is 0 Å². The van der Waals surface area contributed by atoms with Gasteiger partial charge in [0, 0.05) is 31.7 Å². The topological polar surface area (TPSA) is 32.7 Å². The highest BCUT2D eigenvalue weighted by molar-refractivity contribution is 5.37. The van der Waals surface area contributed by atoms with Gasteiger partial charge in [0.1, 0.15) is 0 Å². The maximum Gasteiger partial charge on any atom is 0.0593 e. The summed E-state index contributed by atoms with van der Waals surface area (Å²) in [6.07, 6.45) is 0.526. The number of rotatable bonds is 7. The van der Waals surface area contributed by atoms with Crippen LogP contribution < -0.4 is 0 Å². The van der Waals surface area contributed by atoms with Crippen molar-refractivity contribution in [2.75, 3.05) is 33.4 Å². The predicted octanol–water partition coefficient (Wildman–Crippen LogP) is 1.89. The van der Waals surface area contributed by atoms with E-state index >= 15 is 0 Å². The summed E-state index contributed by atoms with van der Waals surface area (Å²) < 4.78 is 5.34. The summed E-state index contributed by atoms with van der Waals surface area (Å²) in [5, 5.41) is 8.70. The zero-order chi connectivity index (χ0) is 13.9. The van der Waals surface area contributed by atoms with Gasteiger partial charge in [-0.3, -0.25) is 4.90 Å². The third kappa shape index (κ3) is 6.97. The van der Waals surface area contributed by atoms with Gasteiger partial charge in [-0.2, -0.15) is 0 Å². The molecule has 0 saturated heterocycles. The minimum Gasteiger partial charge on any atom is -0.395 e. The van der Waals surface area contributed by atoms with Crippen molar-refractivity contribution < 1.29 is 9.84 Å². The molecule has 0 bridgehead atoms. The molecule has 3 heteroatoms. The van der Waals surface area contributed by atoms with E-state index in [0.29, 0.717) is 6.42 Å². The first-order valence-corrected chi connectivity index (χ1v) is 6.71. The number of benzene rings is 1. The summed E-state index contributed by atoms with van der Waals surface area (Å²) in [7, 11) is 2.09. The minimum atomic E-state index is 0.118. The van der Waals surface area contributed by atoms with Gasteiger partial charge >= 0.3 is 0 Å². The molecule has 0 aromatic heterocycles. The quantitative estimate of drug-likeness (QED) is 0.601. The van der Waals surface area contributed by atoms with Crippen molar-refractivity contribution in [1.29, 1.82) is 0 Å². The molecule has 0 atom stereocenters. The van der Waals surface area contributed by atoms with E-state index in [-0.39, 0.29) is 6.61 Å². The number of aliphatic hydroxyl groups excluding tert-OH is 1. The molecule has 0 aliphatic heterocycles. The Kier molecular flexibility index (Phi) is 7.92. The summed E-state index contributed by atoms with van der Waals surface area (Å²) in [5.41, 5.74) is 2.25. The van der Waals surface area contributed by atoms with Crippen LogP contribution in [-0.4, -0.2) is 43.4 Å². The largest absolute Gasteiger partial charge is 0.395 e. The van der Waals surface area contributed by atoms with Crippen LogP contribution in [0.2, 0.25) is 0 Å². The van der Waals surface area contributed by atoms with Crippen LogP contribution in [0, 0.1) is 11.8 Å². The van der Waals surface area contributed by atoms with Crippen LogP contribution in [-0.2, 0) is 11.3 Å². The molecule has 1 N–H and O–H groups in total. The van der Waals surface area contributed by atoms with Gasteiger partial charge in [-0.15, -0.1) is 0 Å². The number of aliphatic hydroxyl groups is 1. The van der Waals surface area contributed by atoms with Gasteiger partial charge in [0.05, 0.1) is 13.2 Å². The standard InChI is InChI=1S/C16H23NO2/c1-3-19-12-10-17(2)14-16-9-6-8-15(13-16)7-4-5-11-18/h6,8-9,13,18H,3,5,10-12,14H2,1-2H3. The number of hydrogen-bond donors (Lipinski definition) is 1. The molecule has 0 aliphatic carbocycles. The van der Waals surface area contributed by atoms with Crippen molar-refractivity contribution in [2.45, 2.75) is 19.9 Å². The summed E-state index contributed by atoms with van der Waals surface area (Å²) in [4.78, 5) is 2.23. The molecule has 19 heavy (non-hydrogen) atoms. The zero-order valence-corrected chi connectivity index (χ0v) is 11.9. The van der Waals surface area contributed by atoms with Crippen molar-refractivity contribution in [3.63, 3.8) is 0 Å². The molecule has 1 rings (SSSR count). The lowest BCUT2D eigenvalue weighted by atomic mass is 10.1. The number of hydrogen-bond acceptors (Lipinski definition) is 3. The van der Waals surface area contributed by atoms with Crippen LogP contribution in [0.1, 0.15) is 24.5 Å². The maximum atomic E-state index is 8.70. The lowest BCUT2D eigenvalue weighted by Gasteiger charge is -2.16. The molecule has 0 saturated carbocycles. The molecule has 0 radical (unpaired) electrons. The molecule has 104 valence electrons. The molecule has 1 aromatic carbocycles. The molecule has 0 heterocycles. The second-order valence-electron chi connectivity index (χ2n) is 4.41. The first-order chi connectivity index (χ1) is 9.26. The molecular weight excluding hydrogens is 238 g/mol. The highest BCUT2D eigenvalue weighted by atomic mass is 16.5. The normalized spacial score (nSPS) is 10.3. The number of ether oxygens (including phenoxy) is 1. The summed E-state index contributed by atoms with van der Waals surface area (Å²) in [5.74, 6) is 6.00. The van der Waals surface area contributed by atoms with Crippen LogP contribution in [0.15, 0.2) is 24.3 Å². The fourth-order valence-corrected chi connectivity index (χ4v) is 1.72. The van der Waals surface area contributed by atoms with Gasteiger partial charge in [-0.25, -0.2) is 0 Å². The van der Waals surface area contributed by atoms with Gasteiger partial charge in [0.25, 0.3) is 0 Å². The van der Waals surface area contributed by atoms with Crippen LogP contribution in [0.5, 0.6) is 0 Å². The summed E-state index contributed by atoms with van der Waals surface area (Å²) in [6.45, 7) is 5.48. The van der Waals surface area contributed by atoms with Crippen molar-refractivity contribution in [3.8, 4) is 11.8 Å². The van der Waals surface area contributed by atoms with E-state index in [1.54, 1.807) is 0 Å². The summed E-state index contributed by atoms with van der Waals surface area (Å²) in [6, 6.07) is 8.22. The molecular formula is C16H23NO2. The van der Waals surface area contributed by atoms with Gasteiger partial charge in [0.15, 0.2) is 0 Å². The lowest BCUT2D eigenvalue weighted by molar-refractivity contribution is 0.120. The van der Waals surface area contributed by atoms with Gasteiger partial charge in [0.2, 0.25) is 0 Å². The Bertz CT molecular complexity index is 420. The lowest BCUT2D eigenvalue weighted by Crippen LogP contribution is -2.22. The molecule has 0 aliphatic rings. The van der Waals surface area contributed by atoms with E-state index in [0.717, 1.165) is 31.9 Å². The highest BCUT2D eigenvalue weighted by Crippen LogP contribution is 2.06. The minimum absolute atomic E-state index is 0.118. The second kappa shape index (κ2) is 9.57. The van der Waals surface area contributed by atoms with E-state index in [1.165, 1.54) is 5.56 Å². The molecule has 0 amide bonds. The number of likely N-dealkylation sites (N-methyl/N-ethyl adjacent to an activating group) is 1. The average molecular weight is 261 g/mol. The van der Waals surface area contributed by atoms with Gasteiger partial charge < -0.3 is 9.84 Å². The molecule has 3 nitrogen and oxygen atoms in total. The fourth-order valence-electron chi connectivity index (χ4n) is 1.72. The first-order valence-electron chi connectivity index (χ1n) is 6.71. The van der Waals surface area contributed by atoms with Crippen LogP contribution in [0.3, 0.4) is 0 Å². The van der Waals surface area contributed by atoms with E-state index in [4.69, 9.17) is 9.84 Å². The summed E-state index contributed by atoms with van der Waals surface area (Å²) >= 11 is 0. The van der Waals surface area contributed by atoms with Crippen LogP contribution >= 0.6 is 0 Å². The Hall–Kier alpha value is -1.34. The van der Waals surface area contributed by atoms with E-state index in [1.807, 2.05) is 19.1 Å². The maximum absolute atomic E-state index is 8.70. The fraction of sp³-hybridized carbons (Fsp3) is 0.500. The Labute approximate surface area is 116 Å². The first kappa shape index (κ1) is 15.7. The molecule has 0 fully saturated rings. The Morgan fingerprint density at radius 2 is 2.21 bits per heavy atom. The van der Waals surface area contributed by atoms with Crippen molar-refractivity contribution in [1.82, 2.24) is 4.90 Å². The number of nitrogens with zero attached hydrogens (tertiary/aromatic N) is 1. The van der Waals surface area contributed by atoms with E-state index in [9.17, 15) is 0 Å². The van der Waals surface area contributed by atoms with E-state index < -0.39 is 0 Å². The zero-order valence-electron chi connectivity index (χ0n) is 11.9. The molecule has 0 unspecified atom stereocenters.